The Morgan fingerprint density at radius 3 is 2.87 bits per heavy atom. The summed E-state index contributed by atoms with van der Waals surface area (Å²) in [6.45, 7) is 0.364. The summed E-state index contributed by atoms with van der Waals surface area (Å²) in [6.07, 6.45) is 1.90. The van der Waals surface area contributed by atoms with Crippen molar-refractivity contribution in [2.45, 2.75) is 18.5 Å². The Bertz CT molecular complexity index is 1110. The minimum Gasteiger partial charge on any atom is -0.469 e. The Balaban J connectivity index is 1.70. The number of ether oxygens (including phenoxy) is 1. The quantitative estimate of drug-likeness (QED) is 0.383. The molecule has 31 heavy (non-hydrogen) atoms. The second-order valence-corrected chi connectivity index (χ2v) is 8.21. The van der Waals surface area contributed by atoms with E-state index in [0.717, 1.165) is 11.3 Å². The maximum absolute atomic E-state index is 13.5. The number of nitrogens with one attached hydrogen (secondary N) is 1. The number of halogens is 2. The molecule has 160 valence electrons. The van der Waals surface area contributed by atoms with Crippen molar-refractivity contribution in [2.24, 2.45) is 0 Å². The number of benzene rings is 1. The molecular formula is C22H19BrFN3O3S. The summed E-state index contributed by atoms with van der Waals surface area (Å²) in [6, 6.07) is 13.2. The van der Waals surface area contributed by atoms with E-state index in [-0.39, 0.29) is 30.3 Å². The van der Waals surface area contributed by atoms with E-state index in [0.29, 0.717) is 27.7 Å². The summed E-state index contributed by atoms with van der Waals surface area (Å²) in [5.41, 5.74) is 1.54. The number of aromatic nitrogens is 1. The van der Waals surface area contributed by atoms with Crippen LogP contribution in [0.2, 0.25) is 0 Å². The first kappa shape index (κ1) is 21.5. The largest absolute Gasteiger partial charge is 0.469 e. The molecule has 3 aromatic rings. The van der Waals surface area contributed by atoms with Gasteiger partial charge in [0, 0.05) is 22.8 Å². The average molecular weight is 504 g/mol. The van der Waals surface area contributed by atoms with Crippen LogP contribution in [-0.4, -0.2) is 34.6 Å². The predicted molar refractivity (Wildman–Crippen MR) is 121 cm³/mol. The van der Waals surface area contributed by atoms with Gasteiger partial charge in [0.2, 0.25) is 0 Å². The first-order valence-corrected chi connectivity index (χ1v) is 10.8. The smallest absolute Gasteiger partial charge is 0.307 e. The van der Waals surface area contributed by atoms with E-state index in [2.05, 4.69) is 26.2 Å². The Morgan fingerprint density at radius 1 is 1.32 bits per heavy atom. The maximum atomic E-state index is 13.5. The third-order valence-electron chi connectivity index (χ3n) is 5.10. The van der Waals surface area contributed by atoms with Gasteiger partial charge in [-0.1, -0.05) is 6.07 Å². The number of pyridine rings is 1. The number of thiocarbonyl (C=S) groups is 1. The van der Waals surface area contributed by atoms with Gasteiger partial charge in [-0.25, -0.2) is 4.39 Å². The summed E-state index contributed by atoms with van der Waals surface area (Å²) < 4.78 is 25.1. The van der Waals surface area contributed by atoms with Crippen LogP contribution in [0.5, 0.6) is 0 Å². The number of esters is 1. The minimum atomic E-state index is -0.336. The molecule has 1 saturated heterocycles. The Labute approximate surface area is 192 Å². The predicted octanol–water partition coefficient (Wildman–Crippen LogP) is 4.78. The molecule has 1 fully saturated rings. The van der Waals surface area contributed by atoms with E-state index in [9.17, 15) is 9.18 Å². The van der Waals surface area contributed by atoms with Gasteiger partial charge >= 0.3 is 5.97 Å². The maximum Gasteiger partial charge on any atom is 0.307 e. The summed E-state index contributed by atoms with van der Waals surface area (Å²) in [7, 11) is 1.36. The zero-order valence-electron chi connectivity index (χ0n) is 16.5. The molecule has 2 aromatic heterocycles. The summed E-state index contributed by atoms with van der Waals surface area (Å²) >= 11 is 8.95. The van der Waals surface area contributed by atoms with E-state index in [1.54, 1.807) is 12.3 Å². The number of methoxy groups -OCH3 is 1. The molecule has 0 aliphatic carbocycles. The monoisotopic (exact) mass is 503 g/mol. The fourth-order valence-electron chi connectivity index (χ4n) is 3.61. The topological polar surface area (TPSA) is 67.6 Å². The zero-order chi connectivity index (χ0) is 22.0. The van der Waals surface area contributed by atoms with Crippen molar-refractivity contribution >= 4 is 39.2 Å². The fourth-order valence-corrected chi connectivity index (χ4v) is 4.49. The molecule has 3 heterocycles. The molecule has 0 amide bonds. The highest BCUT2D eigenvalue weighted by atomic mass is 79.9. The molecular weight excluding hydrogens is 485 g/mol. The summed E-state index contributed by atoms with van der Waals surface area (Å²) in [5.74, 6) is 0.585. The minimum absolute atomic E-state index is 0.181. The number of hydrogen-bond acceptors (Lipinski definition) is 5. The standard InChI is InChI=1S/C22H19BrFN3O3S/c1-29-19(28)9-11-27-21(20(26-22(27)31)16-4-2-3-10-25-16)18-8-7-17(30-18)14-6-5-13(24)12-15(14)23/h2-8,10,12,20-21H,9,11H2,1H3,(H,26,31)/t20-,21-/m1/s1. The molecule has 0 radical (unpaired) electrons. The number of furan rings is 1. The molecule has 1 aromatic carbocycles. The van der Waals surface area contributed by atoms with Gasteiger partial charge in [0.1, 0.15) is 23.4 Å². The number of hydrogen-bond donors (Lipinski definition) is 1. The highest BCUT2D eigenvalue weighted by Gasteiger charge is 2.41. The van der Waals surface area contributed by atoms with Crippen molar-refractivity contribution in [1.82, 2.24) is 15.2 Å². The van der Waals surface area contributed by atoms with Crippen LogP contribution in [0.4, 0.5) is 4.39 Å². The van der Waals surface area contributed by atoms with Crippen LogP contribution in [0.3, 0.4) is 0 Å². The highest BCUT2D eigenvalue weighted by molar-refractivity contribution is 9.10. The van der Waals surface area contributed by atoms with Crippen molar-refractivity contribution in [1.29, 1.82) is 0 Å². The molecule has 2 atom stereocenters. The van der Waals surface area contributed by atoms with Gasteiger partial charge in [-0.3, -0.25) is 9.78 Å². The molecule has 1 aliphatic rings. The van der Waals surface area contributed by atoms with Gasteiger partial charge < -0.3 is 19.4 Å². The van der Waals surface area contributed by atoms with E-state index in [1.165, 1.54) is 19.2 Å². The second kappa shape index (κ2) is 9.15. The van der Waals surface area contributed by atoms with Gasteiger partial charge in [0.15, 0.2) is 5.11 Å². The van der Waals surface area contributed by atoms with Gasteiger partial charge in [-0.2, -0.15) is 0 Å². The molecule has 6 nitrogen and oxygen atoms in total. The van der Waals surface area contributed by atoms with Crippen molar-refractivity contribution < 1.29 is 18.3 Å². The van der Waals surface area contributed by atoms with Crippen LogP contribution in [-0.2, 0) is 9.53 Å². The van der Waals surface area contributed by atoms with Gasteiger partial charge in [0.25, 0.3) is 0 Å². The number of carbonyl (C=O) groups is 1. The first-order valence-electron chi connectivity index (χ1n) is 9.58. The highest BCUT2D eigenvalue weighted by Crippen LogP contribution is 2.41. The van der Waals surface area contributed by atoms with Gasteiger partial charge in [0.05, 0.1) is 25.3 Å². The lowest BCUT2D eigenvalue weighted by molar-refractivity contribution is -0.140. The number of carbonyl (C=O) groups excluding carboxylic acids is 1. The second-order valence-electron chi connectivity index (χ2n) is 6.97. The van der Waals surface area contributed by atoms with Gasteiger partial charge in [-0.15, -0.1) is 0 Å². The molecule has 4 rings (SSSR count). The Kier molecular flexibility index (Phi) is 6.33. The number of nitrogens with zero attached hydrogens (tertiary/aromatic N) is 2. The lowest BCUT2D eigenvalue weighted by atomic mass is 10.0. The third-order valence-corrected chi connectivity index (χ3v) is 6.11. The molecule has 0 unspecified atom stereocenters. The van der Waals surface area contributed by atoms with Crippen LogP contribution in [0.1, 0.15) is 30.0 Å². The first-order chi connectivity index (χ1) is 15.0. The van der Waals surface area contributed by atoms with Crippen LogP contribution in [0.25, 0.3) is 11.3 Å². The van der Waals surface area contributed by atoms with Crippen molar-refractivity contribution in [3.63, 3.8) is 0 Å². The fraction of sp³-hybridized carbons (Fsp3) is 0.227. The zero-order valence-corrected chi connectivity index (χ0v) is 19.0. The average Bonchev–Trinajstić information content (AvgIpc) is 3.37. The molecule has 0 saturated carbocycles. The molecule has 0 bridgehead atoms. The molecule has 0 spiro atoms. The number of rotatable bonds is 6. The Morgan fingerprint density at radius 2 is 2.16 bits per heavy atom. The van der Waals surface area contributed by atoms with E-state index < -0.39 is 0 Å². The summed E-state index contributed by atoms with van der Waals surface area (Å²) in [5, 5.41) is 3.81. The Hall–Kier alpha value is -2.78. The lowest BCUT2D eigenvalue weighted by Crippen LogP contribution is -2.31. The molecule has 1 N–H and O–H groups in total. The van der Waals surface area contributed by atoms with Crippen molar-refractivity contribution in [2.75, 3.05) is 13.7 Å². The lowest BCUT2D eigenvalue weighted by Gasteiger charge is -2.25. The normalized spacial score (nSPS) is 18.2. The van der Waals surface area contributed by atoms with Gasteiger partial charge in [-0.05, 0) is 70.6 Å². The van der Waals surface area contributed by atoms with Crippen LogP contribution in [0.15, 0.2) is 63.6 Å². The van der Waals surface area contributed by atoms with Crippen LogP contribution < -0.4 is 5.32 Å². The van der Waals surface area contributed by atoms with Crippen molar-refractivity contribution in [3.05, 3.63) is 76.5 Å². The molecule has 9 heteroatoms. The van der Waals surface area contributed by atoms with E-state index in [4.69, 9.17) is 21.4 Å². The van der Waals surface area contributed by atoms with Crippen LogP contribution >= 0.6 is 28.1 Å². The van der Waals surface area contributed by atoms with E-state index >= 15 is 0 Å². The SMILES string of the molecule is COC(=O)CCN1C(=S)N[C@H](c2ccccn2)[C@H]1c1ccc(-c2ccc(F)cc2Br)o1. The van der Waals surface area contributed by atoms with Crippen LogP contribution in [0, 0.1) is 5.82 Å². The van der Waals surface area contributed by atoms with Crippen molar-refractivity contribution in [3.8, 4) is 11.3 Å². The third kappa shape index (κ3) is 4.47. The molecule has 1 aliphatic heterocycles. The van der Waals surface area contributed by atoms with E-state index in [1.807, 2.05) is 35.2 Å². The summed E-state index contributed by atoms with van der Waals surface area (Å²) in [4.78, 5) is 18.1.